The number of carbonyl (C=O) groups excluding carboxylic acids is 1. The summed E-state index contributed by atoms with van der Waals surface area (Å²) in [5, 5.41) is 3.27. The van der Waals surface area contributed by atoms with E-state index < -0.39 is 0 Å². The maximum Gasteiger partial charge on any atom is 0.260 e. The number of nitrogens with zero attached hydrogens (tertiary/aromatic N) is 1. The lowest BCUT2D eigenvalue weighted by Crippen LogP contribution is -2.41. The van der Waals surface area contributed by atoms with Crippen LogP contribution in [0.5, 0.6) is 5.75 Å². The minimum Gasteiger partial charge on any atom is -0.483 e. The van der Waals surface area contributed by atoms with Crippen LogP contribution in [0.4, 0.5) is 0 Å². The minimum absolute atomic E-state index is 0.0383. The van der Waals surface area contributed by atoms with Crippen LogP contribution in [0.1, 0.15) is 17.5 Å². The van der Waals surface area contributed by atoms with Gasteiger partial charge in [0.1, 0.15) is 5.75 Å². The lowest BCUT2D eigenvalue weighted by Gasteiger charge is -2.24. The van der Waals surface area contributed by atoms with Gasteiger partial charge in [-0.15, -0.1) is 0 Å². The van der Waals surface area contributed by atoms with E-state index in [9.17, 15) is 4.79 Å². The number of ether oxygens (including phenoxy) is 1. The Morgan fingerprint density at radius 1 is 1.42 bits per heavy atom. The lowest BCUT2D eigenvalue weighted by molar-refractivity contribution is -0.133. The molecule has 1 heterocycles. The molecule has 2 rings (SSSR count). The van der Waals surface area contributed by atoms with E-state index in [4.69, 9.17) is 4.74 Å². The summed E-state index contributed by atoms with van der Waals surface area (Å²) < 4.78 is 5.70. The highest BCUT2D eigenvalue weighted by Crippen LogP contribution is 2.22. The van der Waals surface area contributed by atoms with Crippen LogP contribution in [-0.4, -0.2) is 43.6 Å². The molecule has 104 valence electrons. The first-order valence-electron chi connectivity index (χ1n) is 6.75. The number of amides is 1. The van der Waals surface area contributed by atoms with Gasteiger partial charge in [0.25, 0.3) is 5.91 Å². The van der Waals surface area contributed by atoms with Crippen LogP contribution < -0.4 is 10.1 Å². The van der Waals surface area contributed by atoms with Crippen LogP contribution >= 0.6 is 0 Å². The van der Waals surface area contributed by atoms with Gasteiger partial charge in [-0.3, -0.25) is 4.79 Å². The largest absolute Gasteiger partial charge is 0.483 e. The molecule has 19 heavy (non-hydrogen) atoms. The zero-order valence-corrected chi connectivity index (χ0v) is 11.9. The van der Waals surface area contributed by atoms with Gasteiger partial charge in [0, 0.05) is 19.6 Å². The Labute approximate surface area is 114 Å². The van der Waals surface area contributed by atoms with Gasteiger partial charge in [-0.05, 0) is 37.9 Å². The Balaban J connectivity index is 1.92. The summed E-state index contributed by atoms with van der Waals surface area (Å²) in [5.74, 6) is 0.866. The summed E-state index contributed by atoms with van der Waals surface area (Å²) in [6, 6.07) is 6.29. The molecule has 0 saturated carbocycles. The van der Waals surface area contributed by atoms with E-state index in [-0.39, 0.29) is 12.5 Å². The van der Waals surface area contributed by atoms with Gasteiger partial charge in [0.05, 0.1) is 0 Å². The molecule has 1 N–H and O–H groups in total. The van der Waals surface area contributed by atoms with Crippen LogP contribution in [0.3, 0.4) is 0 Å². The smallest absolute Gasteiger partial charge is 0.260 e. The zero-order valence-electron chi connectivity index (χ0n) is 11.9. The molecule has 0 radical (unpaired) electrons. The second-order valence-corrected chi connectivity index (χ2v) is 5.16. The summed E-state index contributed by atoms with van der Waals surface area (Å²) in [4.78, 5) is 13.9. The highest BCUT2D eigenvalue weighted by atomic mass is 16.5. The SMILES string of the molecule is Cc1cccc(C)c1OCC(=O)N(C)[C@H]1CCNC1. The third kappa shape index (κ3) is 3.26. The van der Waals surface area contributed by atoms with E-state index in [0.717, 1.165) is 36.4 Å². The highest BCUT2D eigenvalue weighted by Gasteiger charge is 2.23. The second-order valence-electron chi connectivity index (χ2n) is 5.16. The molecule has 0 unspecified atom stereocenters. The van der Waals surface area contributed by atoms with Gasteiger partial charge in [-0.2, -0.15) is 0 Å². The zero-order chi connectivity index (χ0) is 13.8. The molecule has 1 amide bonds. The van der Waals surface area contributed by atoms with Gasteiger partial charge in [-0.25, -0.2) is 0 Å². The number of rotatable bonds is 4. The average Bonchev–Trinajstić information content (AvgIpc) is 2.90. The molecule has 1 aliphatic heterocycles. The van der Waals surface area contributed by atoms with Gasteiger partial charge < -0.3 is 15.0 Å². The molecule has 4 nitrogen and oxygen atoms in total. The number of hydrogen-bond donors (Lipinski definition) is 1. The molecule has 0 aromatic heterocycles. The van der Waals surface area contributed by atoms with Crippen molar-refractivity contribution in [2.45, 2.75) is 26.3 Å². The normalized spacial score (nSPS) is 18.4. The van der Waals surface area contributed by atoms with Crippen molar-refractivity contribution in [2.75, 3.05) is 26.7 Å². The van der Waals surface area contributed by atoms with Crippen molar-refractivity contribution >= 4 is 5.91 Å². The van der Waals surface area contributed by atoms with Gasteiger partial charge in [0.15, 0.2) is 6.61 Å². The third-order valence-corrected chi connectivity index (χ3v) is 3.72. The molecule has 0 bridgehead atoms. The van der Waals surface area contributed by atoms with Crippen molar-refractivity contribution in [1.82, 2.24) is 10.2 Å². The Bertz CT molecular complexity index is 433. The summed E-state index contributed by atoms with van der Waals surface area (Å²) in [5.41, 5.74) is 2.14. The van der Waals surface area contributed by atoms with Crippen molar-refractivity contribution in [3.8, 4) is 5.75 Å². The second kappa shape index (κ2) is 6.06. The molecule has 0 spiro atoms. The fraction of sp³-hybridized carbons (Fsp3) is 0.533. The predicted octanol–water partition coefficient (Wildman–Crippen LogP) is 1.50. The quantitative estimate of drug-likeness (QED) is 0.894. The maximum absolute atomic E-state index is 12.1. The molecular weight excluding hydrogens is 240 g/mol. The van der Waals surface area contributed by atoms with Crippen molar-refractivity contribution in [1.29, 1.82) is 0 Å². The number of aryl methyl sites for hydroxylation is 2. The van der Waals surface area contributed by atoms with E-state index >= 15 is 0 Å². The number of likely N-dealkylation sites (N-methyl/N-ethyl adjacent to an activating group) is 1. The standard InChI is InChI=1S/C15H22N2O2/c1-11-5-4-6-12(2)15(11)19-10-14(18)17(3)13-7-8-16-9-13/h4-6,13,16H,7-10H2,1-3H3/t13-/m0/s1. The van der Waals surface area contributed by atoms with Gasteiger partial charge >= 0.3 is 0 Å². The number of hydrogen-bond acceptors (Lipinski definition) is 3. The summed E-state index contributed by atoms with van der Waals surface area (Å²) >= 11 is 0. The fourth-order valence-electron chi connectivity index (χ4n) is 2.44. The molecular formula is C15H22N2O2. The number of para-hydroxylation sites is 1. The van der Waals surface area contributed by atoms with Crippen LogP contribution in [0, 0.1) is 13.8 Å². The van der Waals surface area contributed by atoms with Crippen molar-refractivity contribution in [3.05, 3.63) is 29.3 Å². The summed E-state index contributed by atoms with van der Waals surface area (Å²) in [7, 11) is 1.86. The molecule has 1 aromatic carbocycles. The maximum atomic E-state index is 12.1. The van der Waals surface area contributed by atoms with Crippen LogP contribution in [0.15, 0.2) is 18.2 Å². The Hall–Kier alpha value is -1.55. The van der Waals surface area contributed by atoms with Crippen molar-refractivity contribution < 1.29 is 9.53 Å². The molecule has 1 aliphatic rings. The molecule has 1 aromatic rings. The van der Waals surface area contributed by atoms with Crippen molar-refractivity contribution in [3.63, 3.8) is 0 Å². The lowest BCUT2D eigenvalue weighted by atomic mass is 10.1. The van der Waals surface area contributed by atoms with E-state index in [1.165, 1.54) is 0 Å². The number of carbonyl (C=O) groups is 1. The molecule has 1 fully saturated rings. The minimum atomic E-state index is 0.0383. The monoisotopic (exact) mass is 262 g/mol. The van der Waals surface area contributed by atoms with E-state index in [1.54, 1.807) is 4.90 Å². The van der Waals surface area contributed by atoms with Gasteiger partial charge in [0.2, 0.25) is 0 Å². The first-order chi connectivity index (χ1) is 9.09. The van der Waals surface area contributed by atoms with E-state index in [1.807, 2.05) is 39.1 Å². The highest BCUT2D eigenvalue weighted by molar-refractivity contribution is 5.78. The Morgan fingerprint density at radius 3 is 2.68 bits per heavy atom. The first kappa shape index (κ1) is 13.9. The van der Waals surface area contributed by atoms with Crippen molar-refractivity contribution in [2.24, 2.45) is 0 Å². The van der Waals surface area contributed by atoms with Gasteiger partial charge in [-0.1, -0.05) is 18.2 Å². The molecule has 0 aliphatic carbocycles. The molecule has 1 saturated heterocycles. The summed E-state index contributed by atoms with van der Waals surface area (Å²) in [6.07, 6.45) is 1.02. The van der Waals surface area contributed by atoms with Crippen LogP contribution in [0.25, 0.3) is 0 Å². The number of nitrogens with one attached hydrogen (secondary N) is 1. The average molecular weight is 262 g/mol. The Kier molecular flexibility index (Phi) is 4.43. The molecule has 1 atom stereocenters. The van der Waals surface area contributed by atoms with E-state index in [0.29, 0.717) is 6.04 Å². The Morgan fingerprint density at radius 2 is 2.11 bits per heavy atom. The first-order valence-corrected chi connectivity index (χ1v) is 6.75. The van der Waals surface area contributed by atoms with Crippen LogP contribution in [-0.2, 0) is 4.79 Å². The topological polar surface area (TPSA) is 41.6 Å². The molecule has 4 heteroatoms. The fourth-order valence-corrected chi connectivity index (χ4v) is 2.44. The van der Waals surface area contributed by atoms with E-state index in [2.05, 4.69) is 5.32 Å². The number of benzene rings is 1. The summed E-state index contributed by atoms with van der Waals surface area (Å²) in [6.45, 7) is 5.97. The third-order valence-electron chi connectivity index (χ3n) is 3.72. The predicted molar refractivity (Wildman–Crippen MR) is 75.5 cm³/mol. The van der Waals surface area contributed by atoms with Crippen LogP contribution in [0.2, 0.25) is 0 Å².